The Balaban J connectivity index is 0.00000234. The van der Waals surface area contributed by atoms with E-state index in [4.69, 9.17) is 81.4 Å². The second kappa shape index (κ2) is 16.4. The van der Waals surface area contributed by atoms with Gasteiger partial charge in [0.15, 0.2) is 18.3 Å². The molecule has 254 valence electrons. The summed E-state index contributed by atoms with van der Waals surface area (Å²) in [6, 6.07) is 0. The van der Waals surface area contributed by atoms with Crippen molar-refractivity contribution >= 4 is 98.1 Å². The molecule has 0 spiro atoms. The summed E-state index contributed by atoms with van der Waals surface area (Å²) >= 11 is 0. The van der Waals surface area contributed by atoms with E-state index in [1.165, 1.54) is 18.7 Å². The third-order valence-electron chi connectivity index (χ3n) is 4.61. The first-order valence-electron chi connectivity index (χ1n) is 12.2. The Hall–Kier alpha value is -1.48. The maximum atomic E-state index is 12.8. The number of halogens is 6. The monoisotopic (exact) mass is 861 g/mol. The number of hydrogen-bond donors (Lipinski definition) is 0. The predicted octanol–water partition coefficient (Wildman–Crippen LogP) is 3.74. The van der Waals surface area contributed by atoms with Crippen LogP contribution in [-0.2, 0) is 59.4 Å². The van der Waals surface area contributed by atoms with Crippen LogP contribution in [0.1, 0.15) is 59.3 Å². The zero-order chi connectivity index (χ0) is 34.9. The van der Waals surface area contributed by atoms with Crippen LogP contribution < -0.4 is 4.68 Å². The van der Waals surface area contributed by atoms with E-state index in [0.717, 1.165) is 39.3 Å². The molecular formula is C22H32Cl6N3O12Sb. The minimum atomic E-state index is -5.42. The van der Waals surface area contributed by atoms with Gasteiger partial charge in [-0.25, -0.2) is 4.79 Å². The molecule has 0 radical (unpaired) electrons. The number of nitrogens with zero attached hydrogens (tertiary/aromatic N) is 3. The summed E-state index contributed by atoms with van der Waals surface area (Å²) in [5.74, 6) is -4.29. The Morgan fingerprint density at radius 3 is 1.57 bits per heavy atom. The number of aromatic nitrogens is 3. The standard InChI is InChI=1S/C22H32N3O12.6ClH.Sb/c1-9-32-22(31)25-21(23-11(2)24(25)8)20(37-16(7)30)19(36-15(6)29)18(35-14(5)28)17(34-13(4)27)10-33-12(3)26;;;;;;;/h17-20H,9-10H2,1-8H3;6*1H;/q+1;;;;;;;+5/p-6/t17-,18-,19-,20+;;;;;;;/m1......./s1. The molecule has 0 saturated heterocycles. The van der Waals surface area contributed by atoms with Gasteiger partial charge in [0, 0.05) is 41.5 Å². The molecule has 0 unspecified atom stereocenters. The minimum absolute atomic E-state index is 0.00586. The van der Waals surface area contributed by atoms with Crippen molar-refractivity contribution in [3.05, 3.63) is 11.6 Å². The number of hydrogen-bond acceptors (Lipinski definition) is 13. The summed E-state index contributed by atoms with van der Waals surface area (Å²) in [4.78, 5) is 76.7. The quantitative estimate of drug-likeness (QED) is 0.136. The molecule has 4 atom stereocenters. The van der Waals surface area contributed by atoms with Gasteiger partial charge in [0.2, 0.25) is 6.10 Å². The first-order chi connectivity index (χ1) is 19.6. The number of rotatable bonds is 11. The number of esters is 5. The number of carbonyl (C=O) groups is 6. The van der Waals surface area contributed by atoms with Crippen molar-refractivity contribution in [1.29, 1.82) is 0 Å². The summed E-state index contributed by atoms with van der Waals surface area (Å²) in [7, 11) is 26.4. The van der Waals surface area contributed by atoms with Crippen molar-refractivity contribution in [3.63, 3.8) is 0 Å². The molecular weight excluding hydrogens is 833 g/mol. The third kappa shape index (κ3) is 18.5. The number of carbonyl (C=O) groups excluding carboxylic acids is 6. The normalized spacial score (nSPS) is 15.3. The molecule has 1 aromatic heterocycles. The Bertz CT molecular complexity index is 1250. The van der Waals surface area contributed by atoms with Crippen LogP contribution >= 0.6 is 53.0 Å². The van der Waals surface area contributed by atoms with E-state index in [0.29, 0.717) is 0 Å². The summed E-state index contributed by atoms with van der Waals surface area (Å²) in [6.45, 7) is 7.73. The van der Waals surface area contributed by atoms with Crippen molar-refractivity contribution in [2.75, 3.05) is 13.2 Å². The second-order valence-corrected chi connectivity index (χ2v) is 65.5. The Labute approximate surface area is 272 Å². The van der Waals surface area contributed by atoms with Gasteiger partial charge >= 0.3 is 110 Å². The van der Waals surface area contributed by atoms with Crippen LogP contribution in [-0.4, -0.2) is 86.3 Å². The van der Waals surface area contributed by atoms with Crippen LogP contribution in [0.2, 0.25) is 0 Å². The second-order valence-electron chi connectivity index (χ2n) is 8.64. The molecule has 1 rings (SSSR count). The first-order valence-corrected chi connectivity index (χ1v) is 31.5. The molecule has 0 N–H and O–H groups in total. The molecule has 0 aliphatic rings. The van der Waals surface area contributed by atoms with Gasteiger partial charge in [0.05, 0.1) is 6.61 Å². The van der Waals surface area contributed by atoms with Crippen molar-refractivity contribution in [2.24, 2.45) is 7.05 Å². The molecule has 44 heavy (non-hydrogen) atoms. The Kier molecular flexibility index (Phi) is 15.8. The molecule has 0 saturated carbocycles. The summed E-state index contributed by atoms with van der Waals surface area (Å²) in [5, 5.41) is 0. The molecule has 0 aromatic carbocycles. The van der Waals surface area contributed by atoms with Crippen molar-refractivity contribution in [3.8, 4) is 0 Å². The van der Waals surface area contributed by atoms with Crippen molar-refractivity contribution < 1.29 is 61.9 Å². The zero-order valence-corrected chi connectivity index (χ0v) is 31.8. The molecule has 1 heterocycles. The van der Waals surface area contributed by atoms with Crippen LogP contribution in [0.25, 0.3) is 0 Å². The average molecular weight is 865 g/mol. The summed E-state index contributed by atoms with van der Waals surface area (Å²) in [6.07, 6.45) is -7.54. The fourth-order valence-electron chi connectivity index (χ4n) is 3.26. The molecule has 0 aliphatic heterocycles. The van der Waals surface area contributed by atoms with Crippen LogP contribution in [0.3, 0.4) is 0 Å². The SMILES string of the molecule is CCOC(=O)n1c([C@@H](OC(C)=O)[C@H](OC(C)=O)[C@H](OC(C)=O)[C@@H](COC(C)=O)OC(C)=O)nc(C)[n+]1C.[Cl][Sb-]([Cl])([Cl])([Cl])([Cl])[Cl]. The van der Waals surface area contributed by atoms with Crippen molar-refractivity contribution in [2.45, 2.75) is 72.9 Å². The molecule has 0 bridgehead atoms. The summed E-state index contributed by atoms with van der Waals surface area (Å²) in [5.41, 5.74) is 0. The zero-order valence-electron chi connectivity index (χ0n) is 24.7. The molecule has 0 fully saturated rings. The first kappa shape index (κ1) is 42.5. The van der Waals surface area contributed by atoms with Crippen LogP contribution in [0.4, 0.5) is 4.79 Å². The van der Waals surface area contributed by atoms with Crippen LogP contribution in [0.5, 0.6) is 0 Å². The molecule has 15 nitrogen and oxygen atoms in total. The number of aryl methyl sites for hydroxylation is 1. The molecule has 22 heteroatoms. The van der Waals surface area contributed by atoms with E-state index in [1.54, 1.807) is 6.92 Å². The van der Waals surface area contributed by atoms with Crippen molar-refractivity contribution in [1.82, 2.24) is 9.67 Å². The van der Waals surface area contributed by atoms with Crippen LogP contribution in [0, 0.1) is 6.92 Å². The van der Waals surface area contributed by atoms with Gasteiger partial charge in [-0.05, 0) is 11.9 Å². The topological polar surface area (TPSA) is 180 Å². The molecule has 0 aliphatic carbocycles. The van der Waals surface area contributed by atoms with E-state index >= 15 is 0 Å². The van der Waals surface area contributed by atoms with E-state index in [1.807, 2.05) is 0 Å². The van der Waals surface area contributed by atoms with Gasteiger partial charge in [0.1, 0.15) is 13.7 Å². The van der Waals surface area contributed by atoms with Gasteiger partial charge in [-0.3, -0.25) is 24.0 Å². The average Bonchev–Trinajstić information content (AvgIpc) is 3.08. The third-order valence-corrected chi connectivity index (χ3v) is 4.61. The molecule has 0 amide bonds. The van der Waals surface area contributed by atoms with Gasteiger partial charge < -0.3 is 28.4 Å². The van der Waals surface area contributed by atoms with E-state index in [2.05, 4.69) is 4.98 Å². The van der Waals surface area contributed by atoms with Gasteiger partial charge in [-0.1, -0.05) is 4.68 Å². The fraction of sp³-hybridized carbons (Fsp3) is 0.636. The summed E-state index contributed by atoms with van der Waals surface area (Å²) < 4.78 is 33.6. The van der Waals surface area contributed by atoms with Gasteiger partial charge in [-0.15, -0.1) is 4.68 Å². The van der Waals surface area contributed by atoms with Crippen LogP contribution in [0.15, 0.2) is 0 Å². The van der Waals surface area contributed by atoms with Gasteiger partial charge in [0.25, 0.3) is 0 Å². The Morgan fingerprint density at radius 1 is 0.750 bits per heavy atom. The maximum absolute atomic E-state index is 12.8. The fourth-order valence-corrected chi connectivity index (χ4v) is 3.26. The Morgan fingerprint density at radius 2 is 1.18 bits per heavy atom. The predicted molar refractivity (Wildman–Crippen MR) is 159 cm³/mol. The number of ether oxygens (including phenoxy) is 6. The van der Waals surface area contributed by atoms with Gasteiger partial charge in [-0.2, -0.15) is 0 Å². The van der Waals surface area contributed by atoms with E-state index in [9.17, 15) is 28.8 Å². The molecule has 1 aromatic rings. The van der Waals surface area contributed by atoms with E-state index in [-0.39, 0.29) is 18.3 Å². The van der Waals surface area contributed by atoms with E-state index < -0.39 is 76.1 Å².